The van der Waals surface area contributed by atoms with Crippen molar-refractivity contribution >= 4 is 11.8 Å². The number of benzene rings is 1. The second-order valence-electron chi connectivity index (χ2n) is 6.87. The Balaban J connectivity index is 2.03. The molecule has 1 saturated heterocycles. The Morgan fingerprint density at radius 1 is 1.08 bits per heavy atom. The van der Waals surface area contributed by atoms with Crippen LogP contribution in [-0.4, -0.2) is 54.9 Å². The van der Waals surface area contributed by atoms with E-state index >= 15 is 0 Å². The molecule has 1 aliphatic heterocycles. The van der Waals surface area contributed by atoms with Crippen molar-refractivity contribution in [2.24, 2.45) is 0 Å². The van der Waals surface area contributed by atoms with Gasteiger partial charge in [0.2, 0.25) is 11.8 Å². The lowest BCUT2D eigenvalue weighted by Gasteiger charge is -2.22. The zero-order valence-electron chi connectivity index (χ0n) is 15.9. The molecule has 0 saturated carbocycles. The predicted octanol–water partition coefficient (Wildman–Crippen LogP) is 2.83. The highest BCUT2D eigenvalue weighted by atomic mass is 16.5. The molecule has 0 aliphatic carbocycles. The third kappa shape index (κ3) is 4.97. The first-order chi connectivity index (χ1) is 12.0. The van der Waals surface area contributed by atoms with E-state index in [0.29, 0.717) is 38.4 Å². The Morgan fingerprint density at radius 3 is 2.28 bits per heavy atom. The van der Waals surface area contributed by atoms with E-state index in [0.717, 1.165) is 24.3 Å². The Labute approximate surface area is 150 Å². The first kappa shape index (κ1) is 19.3. The molecule has 1 aromatic carbocycles. The van der Waals surface area contributed by atoms with Crippen LogP contribution in [0.1, 0.15) is 50.7 Å². The summed E-state index contributed by atoms with van der Waals surface area (Å²) in [5.74, 6) is 1.46. The van der Waals surface area contributed by atoms with Crippen molar-refractivity contribution in [3.63, 3.8) is 0 Å². The van der Waals surface area contributed by atoms with Gasteiger partial charge in [0.1, 0.15) is 5.75 Å². The molecular formula is C20H30N2O3. The Kier molecular flexibility index (Phi) is 6.85. The highest BCUT2D eigenvalue weighted by molar-refractivity contribution is 5.80. The molecule has 0 aromatic heterocycles. The molecule has 1 heterocycles. The van der Waals surface area contributed by atoms with Gasteiger partial charge in [0, 0.05) is 38.2 Å². The summed E-state index contributed by atoms with van der Waals surface area (Å²) in [6.45, 7) is 8.84. The van der Waals surface area contributed by atoms with Crippen LogP contribution in [0.3, 0.4) is 0 Å². The fourth-order valence-corrected chi connectivity index (χ4v) is 3.18. The normalized spacial score (nSPS) is 15.2. The topological polar surface area (TPSA) is 49.9 Å². The van der Waals surface area contributed by atoms with E-state index in [1.807, 2.05) is 28.9 Å². The summed E-state index contributed by atoms with van der Waals surface area (Å²) >= 11 is 0. The van der Waals surface area contributed by atoms with Crippen LogP contribution in [0.15, 0.2) is 18.2 Å². The quantitative estimate of drug-likeness (QED) is 0.824. The molecule has 0 radical (unpaired) electrons. The van der Waals surface area contributed by atoms with E-state index in [4.69, 9.17) is 4.74 Å². The molecule has 0 bridgehead atoms. The van der Waals surface area contributed by atoms with E-state index in [1.165, 1.54) is 5.56 Å². The van der Waals surface area contributed by atoms with Crippen LogP contribution in [0.2, 0.25) is 0 Å². The van der Waals surface area contributed by atoms with Crippen LogP contribution in [-0.2, 0) is 16.0 Å². The Bertz CT molecular complexity index is 613. The first-order valence-electron chi connectivity index (χ1n) is 9.18. The molecule has 0 spiro atoms. The number of carbonyl (C=O) groups is 2. The summed E-state index contributed by atoms with van der Waals surface area (Å²) in [4.78, 5) is 28.3. The molecule has 1 fully saturated rings. The minimum absolute atomic E-state index is 0.0985. The first-order valence-corrected chi connectivity index (χ1v) is 9.18. The molecule has 138 valence electrons. The number of ether oxygens (including phenoxy) is 1. The maximum absolute atomic E-state index is 12.7. The van der Waals surface area contributed by atoms with E-state index in [1.54, 1.807) is 7.11 Å². The smallest absolute Gasteiger partial charge is 0.227 e. The van der Waals surface area contributed by atoms with Gasteiger partial charge in [-0.15, -0.1) is 0 Å². The van der Waals surface area contributed by atoms with Crippen LogP contribution in [0.4, 0.5) is 0 Å². The van der Waals surface area contributed by atoms with Crippen molar-refractivity contribution in [2.45, 2.75) is 46.0 Å². The van der Waals surface area contributed by atoms with Crippen molar-refractivity contribution in [1.29, 1.82) is 0 Å². The summed E-state index contributed by atoms with van der Waals surface area (Å²) in [5, 5.41) is 0. The lowest BCUT2D eigenvalue weighted by molar-refractivity contribution is -0.133. The largest absolute Gasteiger partial charge is 0.496 e. The zero-order chi connectivity index (χ0) is 18.4. The van der Waals surface area contributed by atoms with Gasteiger partial charge in [-0.25, -0.2) is 0 Å². The standard InChI is InChI=1S/C20H30N2O3/c1-5-19(23)21-9-6-10-22(12-11-21)20(24)14-17-8-7-16(15(2)3)13-18(17)25-4/h7-8,13,15H,5-6,9-12,14H2,1-4H3. The van der Waals surface area contributed by atoms with Crippen molar-refractivity contribution in [3.8, 4) is 5.75 Å². The predicted molar refractivity (Wildman–Crippen MR) is 98.9 cm³/mol. The van der Waals surface area contributed by atoms with Crippen molar-refractivity contribution in [2.75, 3.05) is 33.3 Å². The summed E-state index contributed by atoms with van der Waals surface area (Å²) in [6.07, 6.45) is 1.69. The highest BCUT2D eigenvalue weighted by Gasteiger charge is 2.22. The molecule has 25 heavy (non-hydrogen) atoms. The summed E-state index contributed by atoms with van der Waals surface area (Å²) in [6, 6.07) is 6.09. The van der Waals surface area contributed by atoms with E-state index < -0.39 is 0 Å². The SMILES string of the molecule is CCC(=O)N1CCCN(C(=O)Cc2ccc(C(C)C)cc2OC)CC1. The average molecular weight is 346 g/mol. The van der Waals surface area contributed by atoms with Crippen LogP contribution in [0.25, 0.3) is 0 Å². The van der Waals surface area contributed by atoms with Gasteiger partial charge >= 0.3 is 0 Å². The molecule has 5 heteroatoms. The summed E-state index contributed by atoms with van der Waals surface area (Å²) < 4.78 is 5.49. The van der Waals surface area contributed by atoms with Gasteiger partial charge in [0.05, 0.1) is 13.5 Å². The molecule has 1 aromatic rings. The second kappa shape index (κ2) is 8.88. The van der Waals surface area contributed by atoms with Crippen LogP contribution >= 0.6 is 0 Å². The number of rotatable bonds is 5. The number of carbonyl (C=O) groups excluding carboxylic acids is 2. The van der Waals surface area contributed by atoms with Gasteiger partial charge in [-0.2, -0.15) is 0 Å². The fraction of sp³-hybridized carbons (Fsp3) is 0.600. The van der Waals surface area contributed by atoms with E-state index in [2.05, 4.69) is 19.9 Å². The van der Waals surface area contributed by atoms with Crippen molar-refractivity contribution in [3.05, 3.63) is 29.3 Å². The minimum atomic E-state index is 0.0985. The minimum Gasteiger partial charge on any atom is -0.496 e. The second-order valence-corrected chi connectivity index (χ2v) is 6.87. The molecule has 2 rings (SSSR count). The molecule has 0 N–H and O–H groups in total. The maximum atomic E-state index is 12.7. The third-order valence-corrected chi connectivity index (χ3v) is 4.82. The Hall–Kier alpha value is -2.04. The monoisotopic (exact) mass is 346 g/mol. The van der Waals surface area contributed by atoms with Gasteiger partial charge in [0.25, 0.3) is 0 Å². The zero-order valence-corrected chi connectivity index (χ0v) is 15.9. The Morgan fingerprint density at radius 2 is 1.72 bits per heavy atom. The summed E-state index contributed by atoms with van der Waals surface area (Å²) in [7, 11) is 1.65. The fourth-order valence-electron chi connectivity index (χ4n) is 3.18. The van der Waals surface area contributed by atoms with Crippen molar-refractivity contribution < 1.29 is 14.3 Å². The highest BCUT2D eigenvalue weighted by Crippen LogP contribution is 2.25. The van der Waals surface area contributed by atoms with Crippen LogP contribution in [0, 0.1) is 0 Å². The van der Waals surface area contributed by atoms with Gasteiger partial charge in [-0.05, 0) is 24.0 Å². The van der Waals surface area contributed by atoms with E-state index in [9.17, 15) is 9.59 Å². The molecule has 0 unspecified atom stereocenters. The molecule has 5 nitrogen and oxygen atoms in total. The molecule has 0 atom stereocenters. The third-order valence-electron chi connectivity index (χ3n) is 4.82. The van der Waals surface area contributed by atoms with Gasteiger partial charge in [0.15, 0.2) is 0 Å². The number of hydrogen-bond donors (Lipinski definition) is 0. The van der Waals surface area contributed by atoms with Crippen molar-refractivity contribution in [1.82, 2.24) is 9.80 Å². The lowest BCUT2D eigenvalue weighted by atomic mass is 9.99. The molecule has 1 aliphatic rings. The number of hydrogen-bond acceptors (Lipinski definition) is 3. The summed E-state index contributed by atoms with van der Waals surface area (Å²) in [5.41, 5.74) is 2.12. The number of nitrogens with zero attached hydrogens (tertiary/aromatic N) is 2. The van der Waals surface area contributed by atoms with Crippen LogP contribution in [0.5, 0.6) is 5.75 Å². The van der Waals surface area contributed by atoms with Gasteiger partial charge < -0.3 is 14.5 Å². The average Bonchev–Trinajstić information content (AvgIpc) is 2.87. The van der Waals surface area contributed by atoms with Crippen LogP contribution < -0.4 is 4.74 Å². The molecular weight excluding hydrogens is 316 g/mol. The lowest BCUT2D eigenvalue weighted by Crippen LogP contribution is -2.37. The number of methoxy groups -OCH3 is 1. The van der Waals surface area contributed by atoms with Gasteiger partial charge in [-0.1, -0.05) is 32.9 Å². The molecule has 2 amide bonds. The van der Waals surface area contributed by atoms with Gasteiger partial charge in [-0.3, -0.25) is 9.59 Å². The maximum Gasteiger partial charge on any atom is 0.227 e. The number of amides is 2. The van der Waals surface area contributed by atoms with E-state index in [-0.39, 0.29) is 11.8 Å².